The van der Waals surface area contributed by atoms with Crippen molar-refractivity contribution in [3.8, 4) is 6.07 Å². The van der Waals surface area contributed by atoms with Gasteiger partial charge in [0, 0.05) is 5.69 Å². The normalized spacial score (nSPS) is 11.4. The van der Waals surface area contributed by atoms with E-state index in [1.54, 1.807) is 18.2 Å². The Hall–Kier alpha value is -1.73. The summed E-state index contributed by atoms with van der Waals surface area (Å²) in [6.45, 7) is 1.87. The van der Waals surface area contributed by atoms with Gasteiger partial charge in [-0.3, -0.25) is 0 Å². The van der Waals surface area contributed by atoms with Crippen LogP contribution >= 0.6 is 11.6 Å². The molecule has 1 N–H and O–H groups in total. The third-order valence-electron chi connectivity index (χ3n) is 2.32. The zero-order valence-corrected chi connectivity index (χ0v) is 10.4. The number of carbonyl (C=O) groups excluding carboxylic acids is 1. The summed E-state index contributed by atoms with van der Waals surface area (Å²) in [5.41, 5.74) is 1.09. The van der Waals surface area contributed by atoms with Gasteiger partial charge in [-0.05, 0) is 24.6 Å². The van der Waals surface area contributed by atoms with Crippen molar-refractivity contribution in [2.24, 2.45) is 0 Å². The van der Waals surface area contributed by atoms with E-state index in [-0.39, 0.29) is 5.97 Å². The molecule has 1 aromatic carbocycles. The molecule has 5 heteroatoms. The molecule has 0 saturated carbocycles. The summed E-state index contributed by atoms with van der Waals surface area (Å²) in [4.78, 5) is 11.4. The third kappa shape index (κ3) is 3.36. The highest BCUT2D eigenvalue weighted by Crippen LogP contribution is 2.21. The van der Waals surface area contributed by atoms with Gasteiger partial charge in [0.25, 0.3) is 0 Å². The van der Waals surface area contributed by atoms with Gasteiger partial charge in [0.1, 0.15) is 12.1 Å². The van der Waals surface area contributed by atoms with Crippen molar-refractivity contribution in [3.63, 3.8) is 0 Å². The summed E-state index contributed by atoms with van der Waals surface area (Å²) in [7, 11) is 1.35. The van der Waals surface area contributed by atoms with Crippen LogP contribution in [0.25, 0.3) is 0 Å². The first kappa shape index (κ1) is 13.3. The van der Waals surface area contributed by atoms with Crippen LogP contribution < -0.4 is 5.32 Å². The Bertz CT molecular complexity index is 454. The lowest BCUT2D eigenvalue weighted by Gasteiger charge is -2.15. The van der Waals surface area contributed by atoms with Crippen molar-refractivity contribution in [1.82, 2.24) is 0 Å². The number of ether oxygens (including phenoxy) is 1. The van der Waals surface area contributed by atoms with Gasteiger partial charge >= 0.3 is 5.97 Å². The average Bonchev–Trinajstić information content (AvgIpc) is 2.35. The van der Waals surface area contributed by atoms with Crippen LogP contribution in [-0.2, 0) is 9.53 Å². The minimum Gasteiger partial charge on any atom is -0.467 e. The summed E-state index contributed by atoms with van der Waals surface area (Å²) in [6.07, 6.45) is 0.601. The highest BCUT2D eigenvalue weighted by molar-refractivity contribution is 6.32. The number of methoxy groups -OCH3 is 1. The summed E-state index contributed by atoms with van der Waals surface area (Å²) < 4.78 is 4.66. The Balaban J connectivity index is 2.85. The van der Waals surface area contributed by atoms with Gasteiger partial charge in [-0.1, -0.05) is 18.5 Å². The number of anilines is 1. The lowest BCUT2D eigenvalue weighted by molar-refractivity contribution is -0.141. The number of nitriles is 1. The minimum absolute atomic E-state index is 0.326. The van der Waals surface area contributed by atoms with Gasteiger partial charge in [0.2, 0.25) is 0 Å². The maximum absolute atomic E-state index is 11.4. The lowest BCUT2D eigenvalue weighted by atomic mass is 10.2. The first-order valence-electron chi connectivity index (χ1n) is 5.16. The van der Waals surface area contributed by atoms with Gasteiger partial charge in [0.05, 0.1) is 17.7 Å². The fourth-order valence-electron chi connectivity index (χ4n) is 1.37. The highest BCUT2D eigenvalue weighted by Gasteiger charge is 2.16. The summed E-state index contributed by atoms with van der Waals surface area (Å²) in [5.74, 6) is -0.326. The van der Waals surface area contributed by atoms with E-state index >= 15 is 0 Å². The number of hydrogen-bond donors (Lipinski definition) is 1. The molecule has 1 atom stereocenters. The number of carbonyl (C=O) groups is 1. The first-order valence-corrected chi connectivity index (χ1v) is 5.54. The van der Waals surface area contributed by atoms with E-state index in [9.17, 15) is 4.79 Å². The zero-order chi connectivity index (χ0) is 12.8. The van der Waals surface area contributed by atoms with Gasteiger partial charge < -0.3 is 10.1 Å². The molecule has 0 heterocycles. The molecule has 0 aliphatic heterocycles. The Morgan fingerprint density at radius 2 is 2.35 bits per heavy atom. The van der Waals surface area contributed by atoms with Crippen molar-refractivity contribution in [2.45, 2.75) is 19.4 Å². The van der Waals surface area contributed by atoms with E-state index in [0.29, 0.717) is 22.7 Å². The summed E-state index contributed by atoms with van der Waals surface area (Å²) in [5, 5.41) is 12.1. The molecule has 0 amide bonds. The number of nitrogens with one attached hydrogen (secondary N) is 1. The molecule has 1 aromatic rings. The maximum atomic E-state index is 11.4. The summed E-state index contributed by atoms with van der Waals surface area (Å²) in [6, 6.07) is 6.49. The monoisotopic (exact) mass is 252 g/mol. The highest BCUT2D eigenvalue weighted by atomic mass is 35.5. The SMILES string of the molecule is CCC(Nc1ccc(C#N)c(Cl)c1)C(=O)OC. The molecule has 0 spiro atoms. The Labute approximate surface area is 105 Å². The van der Waals surface area contributed by atoms with E-state index < -0.39 is 6.04 Å². The fourth-order valence-corrected chi connectivity index (χ4v) is 1.59. The second-order valence-corrected chi connectivity index (χ2v) is 3.84. The molecule has 0 saturated heterocycles. The summed E-state index contributed by atoms with van der Waals surface area (Å²) >= 11 is 5.89. The number of benzene rings is 1. The molecule has 0 aliphatic rings. The van der Waals surface area contributed by atoms with Crippen LogP contribution in [-0.4, -0.2) is 19.1 Å². The van der Waals surface area contributed by atoms with Crippen molar-refractivity contribution in [1.29, 1.82) is 5.26 Å². The molecule has 1 rings (SSSR count). The molecule has 1 unspecified atom stereocenters. The Kier molecular flexibility index (Phi) is 4.80. The number of nitrogens with zero attached hydrogens (tertiary/aromatic N) is 1. The van der Waals surface area contributed by atoms with Crippen LogP contribution in [0.15, 0.2) is 18.2 Å². The van der Waals surface area contributed by atoms with Crippen LogP contribution in [0.2, 0.25) is 5.02 Å². The van der Waals surface area contributed by atoms with Gasteiger partial charge in [0.15, 0.2) is 0 Å². The van der Waals surface area contributed by atoms with Crippen molar-refractivity contribution >= 4 is 23.3 Å². The average molecular weight is 253 g/mol. The quantitative estimate of drug-likeness (QED) is 0.837. The van der Waals surface area contributed by atoms with Crippen molar-refractivity contribution < 1.29 is 9.53 Å². The molecular formula is C12H13ClN2O2. The van der Waals surface area contributed by atoms with E-state index in [4.69, 9.17) is 16.9 Å². The number of rotatable bonds is 4. The lowest BCUT2D eigenvalue weighted by Crippen LogP contribution is -2.29. The third-order valence-corrected chi connectivity index (χ3v) is 2.64. The maximum Gasteiger partial charge on any atom is 0.328 e. The van der Waals surface area contributed by atoms with Gasteiger partial charge in [-0.15, -0.1) is 0 Å². The van der Waals surface area contributed by atoms with E-state index in [0.717, 1.165) is 0 Å². The topological polar surface area (TPSA) is 62.1 Å². The molecule has 0 bridgehead atoms. The van der Waals surface area contributed by atoms with Gasteiger partial charge in [-0.2, -0.15) is 5.26 Å². The van der Waals surface area contributed by atoms with Crippen LogP contribution in [0.1, 0.15) is 18.9 Å². The number of esters is 1. The molecule has 0 fully saturated rings. The van der Waals surface area contributed by atoms with Gasteiger partial charge in [-0.25, -0.2) is 4.79 Å². The first-order chi connectivity index (χ1) is 8.12. The predicted octanol–water partition coefficient (Wildman–Crippen LogP) is 2.58. The zero-order valence-electron chi connectivity index (χ0n) is 9.66. The Morgan fingerprint density at radius 1 is 1.65 bits per heavy atom. The molecule has 0 radical (unpaired) electrons. The molecule has 17 heavy (non-hydrogen) atoms. The van der Waals surface area contributed by atoms with Crippen molar-refractivity contribution in [3.05, 3.63) is 28.8 Å². The fraction of sp³-hybridized carbons (Fsp3) is 0.333. The van der Waals surface area contributed by atoms with Crippen LogP contribution in [0, 0.1) is 11.3 Å². The largest absolute Gasteiger partial charge is 0.467 e. The Morgan fingerprint density at radius 3 is 2.82 bits per heavy atom. The predicted molar refractivity (Wildman–Crippen MR) is 65.9 cm³/mol. The van der Waals surface area contributed by atoms with Crippen molar-refractivity contribution in [2.75, 3.05) is 12.4 Å². The van der Waals surface area contributed by atoms with E-state index in [1.807, 2.05) is 13.0 Å². The smallest absolute Gasteiger partial charge is 0.328 e. The second-order valence-electron chi connectivity index (χ2n) is 3.43. The van der Waals surface area contributed by atoms with E-state index in [2.05, 4.69) is 10.1 Å². The molecular weight excluding hydrogens is 240 g/mol. The van der Waals surface area contributed by atoms with E-state index in [1.165, 1.54) is 7.11 Å². The molecule has 0 aromatic heterocycles. The van der Waals surface area contributed by atoms with Crippen LogP contribution in [0.4, 0.5) is 5.69 Å². The molecule has 4 nitrogen and oxygen atoms in total. The molecule has 90 valence electrons. The van der Waals surface area contributed by atoms with Crippen LogP contribution in [0.5, 0.6) is 0 Å². The number of halogens is 1. The molecule has 0 aliphatic carbocycles. The number of hydrogen-bond acceptors (Lipinski definition) is 4. The van der Waals surface area contributed by atoms with Crippen LogP contribution in [0.3, 0.4) is 0 Å². The second kappa shape index (κ2) is 6.12. The minimum atomic E-state index is -0.413. The standard InChI is InChI=1S/C12H13ClN2O2/c1-3-11(12(16)17-2)15-9-5-4-8(7-14)10(13)6-9/h4-6,11,15H,3H2,1-2H3.